The quantitative estimate of drug-likeness (QED) is 0.430. The van der Waals surface area contributed by atoms with Crippen molar-refractivity contribution in [3.8, 4) is 0 Å². The van der Waals surface area contributed by atoms with E-state index in [0.717, 1.165) is 5.56 Å². The molecule has 0 amide bonds. The van der Waals surface area contributed by atoms with Gasteiger partial charge in [-0.2, -0.15) is 0 Å². The van der Waals surface area contributed by atoms with Crippen LogP contribution in [0.3, 0.4) is 0 Å². The molecule has 0 bridgehead atoms. The fourth-order valence-electron chi connectivity index (χ4n) is 3.39. The Morgan fingerprint density at radius 2 is 1.59 bits per heavy atom. The number of carbonyl (C=O) groups is 3. The van der Waals surface area contributed by atoms with Crippen LogP contribution in [0.2, 0.25) is 0 Å². The average molecular weight is 405 g/mol. The van der Waals surface area contributed by atoms with E-state index in [1.165, 1.54) is 20.8 Å². The van der Waals surface area contributed by atoms with Crippen LogP contribution >= 0.6 is 0 Å². The molecule has 0 aliphatic heterocycles. The van der Waals surface area contributed by atoms with Crippen LogP contribution in [-0.2, 0) is 28.6 Å². The van der Waals surface area contributed by atoms with Crippen LogP contribution < -0.4 is 0 Å². The summed E-state index contributed by atoms with van der Waals surface area (Å²) in [7, 11) is 0. The van der Waals surface area contributed by atoms with Gasteiger partial charge in [0, 0.05) is 26.7 Å². The van der Waals surface area contributed by atoms with Crippen molar-refractivity contribution in [1.82, 2.24) is 0 Å². The minimum atomic E-state index is -0.888. The largest absolute Gasteiger partial charge is 0.465 e. The molecule has 0 spiro atoms. The molecule has 6 heteroatoms. The van der Waals surface area contributed by atoms with E-state index in [1.807, 2.05) is 63.3 Å². The zero-order chi connectivity index (χ0) is 22.0. The first kappa shape index (κ1) is 24.4. The van der Waals surface area contributed by atoms with Crippen LogP contribution in [0, 0.1) is 11.8 Å². The third-order valence-corrected chi connectivity index (χ3v) is 4.51. The lowest BCUT2D eigenvalue weighted by molar-refractivity contribution is -0.161. The number of hydrogen-bond donors (Lipinski definition) is 0. The first-order valence-corrected chi connectivity index (χ1v) is 9.77. The molecule has 1 rings (SSSR count). The first-order valence-electron chi connectivity index (χ1n) is 9.77. The number of rotatable bonds is 10. The molecule has 1 aromatic rings. The molecule has 0 radical (unpaired) electrons. The van der Waals surface area contributed by atoms with Gasteiger partial charge in [-0.15, -0.1) is 0 Å². The summed E-state index contributed by atoms with van der Waals surface area (Å²) in [6.45, 7) is 9.80. The molecule has 0 aliphatic carbocycles. The van der Waals surface area contributed by atoms with Gasteiger partial charge in [-0.3, -0.25) is 14.4 Å². The van der Waals surface area contributed by atoms with Gasteiger partial charge >= 0.3 is 17.9 Å². The summed E-state index contributed by atoms with van der Waals surface area (Å²) in [6, 6.07) is 9.70. The van der Waals surface area contributed by atoms with Crippen LogP contribution in [0.25, 0.3) is 6.08 Å². The van der Waals surface area contributed by atoms with Crippen molar-refractivity contribution in [1.29, 1.82) is 0 Å². The van der Waals surface area contributed by atoms with E-state index in [9.17, 15) is 14.4 Å². The van der Waals surface area contributed by atoms with E-state index in [4.69, 9.17) is 14.2 Å². The van der Waals surface area contributed by atoms with Crippen molar-refractivity contribution in [2.75, 3.05) is 6.61 Å². The minimum Gasteiger partial charge on any atom is -0.465 e. The second-order valence-electron chi connectivity index (χ2n) is 7.69. The topological polar surface area (TPSA) is 78.9 Å². The highest BCUT2D eigenvalue weighted by molar-refractivity contribution is 5.67. The van der Waals surface area contributed by atoms with Crippen molar-refractivity contribution in [2.24, 2.45) is 11.8 Å². The Morgan fingerprint density at radius 1 is 0.966 bits per heavy atom. The Balaban J connectivity index is 3.02. The monoisotopic (exact) mass is 404 g/mol. The molecule has 0 N–H and O–H groups in total. The molecule has 0 fully saturated rings. The fourth-order valence-corrected chi connectivity index (χ4v) is 3.39. The maximum Gasteiger partial charge on any atom is 0.303 e. The molecule has 29 heavy (non-hydrogen) atoms. The molecule has 0 heterocycles. The molecule has 0 aromatic heterocycles. The Labute approximate surface area is 173 Å². The summed E-state index contributed by atoms with van der Waals surface area (Å²) in [6.07, 6.45) is 3.69. The standard InChI is InChI=1S/C23H32O6/c1-16(22(28-19(4)25)17(2)15-27-18(3)24)14-23(6,29-20(5)26)13-12-21-10-8-7-9-11-21/h7-13,16-17,22H,14-15H2,1-6H3/b13-12-/t16-,17-,22-,23-/m0/s1. The number of esters is 3. The minimum absolute atomic E-state index is 0.141. The number of carbonyl (C=O) groups excluding carboxylic acids is 3. The van der Waals surface area contributed by atoms with Gasteiger partial charge in [0.2, 0.25) is 0 Å². The van der Waals surface area contributed by atoms with Gasteiger partial charge in [-0.25, -0.2) is 0 Å². The molecular formula is C23H32O6. The Bertz CT molecular complexity index is 711. The highest BCUT2D eigenvalue weighted by Crippen LogP contribution is 2.30. The van der Waals surface area contributed by atoms with E-state index >= 15 is 0 Å². The van der Waals surface area contributed by atoms with Crippen LogP contribution in [-0.4, -0.2) is 36.2 Å². The second kappa shape index (κ2) is 11.4. The predicted molar refractivity (Wildman–Crippen MR) is 111 cm³/mol. The maximum absolute atomic E-state index is 11.7. The van der Waals surface area contributed by atoms with Gasteiger partial charge in [-0.1, -0.05) is 50.3 Å². The molecular weight excluding hydrogens is 372 g/mol. The molecule has 0 saturated heterocycles. The fraction of sp³-hybridized carbons (Fsp3) is 0.522. The van der Waals surface area contributed by atoms with Crippen molar-refractivity contribution < 1.29 is 28.6 Å². The van der Waals surface area contributed by atoms with Gasteiger partial charge in [0.05, 0.1) is 6.61 Å². The summed E-state index contributed by atoms with van der Waals surface area (Å²) >= 11 is 0. The van der Waals surface area contributed by atoms with Gasteiger partial charge in [0.1, 0.15) is 11.7 Å². The number of ether oxygens (including phenoxy) is 3. The molecule has 0 saturated carbocycles. The molecule has 1 aromatic carbocycles. The number of benzene rings is 1. The molecule has 4 atom stereocenters. The van der Waals surface area contributed by atoms with E-state index in [2.05, 4.69) is 0 Å². The highest BCUT2D eigenvalue weighted by Gasteiger charge is 2.34. The van der Waals surface area contributed by atoms with Crippen LogP contribution in [0.5, 0.6) is 0 Å². The number of hydrogen-bond acceptors (Lipinski definition) is 6. The highest BCUT2D eigenvalue weighted by atomic mass is 16.6. The Morgan fingerprint density at radius 3 is 2.10 bits per heavy atom. The predicted octanol–water partition coefficient (Wildman–Crippen LogP) is 4.18. The molecule has 0 aliphatic rings. The van der Waals surface area contributed by atoms with Crippen LogP contribution in [0.15, 0.2) is 36.4 Å². The van der Waals surface area contributed by atoms with Crippen molar-refractivity contribution >= 4 is 24.0 Å². The summed E-state index contributed by atoms with van der Waals surface area (Å²) in [5.74, 6) is -1.56. The van der Waals surface area contributed by atoms with Crippen molar-refractivity contribution in [3.63, 3.8) is 0 Å². The van der Waals surface area contributed by atoms with Crippen LogP contribution in [0.4, 0.5) is 0 Å². The maximum atomic E-state index is 11.7. The smallest absolute Gasteiger partial charge is 0.303 e. The Kier molecular flexibility index (Phi) is 9.59. The normalized spacial score (nSPS) is 16.3. The zero-order valence-corrected chi connectivity index (χ0v) is 18.1. The van der Waals surface area contributed by atoms with Crippen molar-refractivity contribution in [3.05, 3.63) is 42.0 Å². The summed E-state index contributed by atoms with van der Waals surface area (Å²) < 4.78 is 16.2. The van der Waals surface area contributed by atoms with E-state index in [0.29, 0.717) is 6.42 Å². The lowest BCUT2D eigenvalue weighted by atomic mass is 9.84. The van der Waals surface area contributed by atoms with Crippen molar-refractivity contribution in [2.45, 2.75) is 59.7 Å². The van der Waals surface area contributed by atoms with E-state index in [-0.39, 0.29) is 24.4 Å². The van der Waals surface area contributed by atoms with E-state index in [1.54, 1.807) is 0 Å². The van der Waals surface area contributed by atoms with E-state index < -0.39 is 23.6 Å². The third-order valence-electron chi connectivity index (χ3n) is 4.51. The van der Waals surface area contributed by atoms with Gasteiger partial charge < -0.3 is 14.2 Å². The van der Waals surface area contributed by atoms with Gasteiger partial charge in [0.15, 0.2) is 0 Å². The molecule has 6 nitrogen and oxygen atoms in total. The Hall–Kier alpha value is -2.63. The van der Waals surface area contributed by atoms with Gasteiger partial charge in [-0.05, 0) is 30.9 Å². The average Bonchev–Trinajstić information content (AvgIpc) is 2.62. The SMILES string of the molecule is CC(=O)OC[C@H](C)[C@@H](OC(C)=O)[C@@H](C)C[C@](C)(/C=C\c1ccccc1)OC(C)=O. The zero-order valence-electron chi connectivity index (χ0n) is 18.1. The lowest BCUT2D eigenvalue weighted by Gasteiger charge is -2.34. The second-order valence-corrected chi connectivity index (χ2v) is 7.69. The molecule has 0 unspecified atom stereocenters. The first-order chi connectivity index (χ1) is 13.5. The van der Waals surface area contributed by atoms with Crippen LogP contribution in [0.1, 0.15) is 53.5 Å². The lowest BCUT2D eigenvalue weighted by Crippen LogP contribution is -2.39. The van der Waals surface area contributed by atoms with Gasteiger partial charge in [0.25, 0.3) is 0 Å². The summed E-state index contributed by atoms with van der Waals surface area (Å²) in [5.41, 5.74) is 0.0963. The summed E-state index contributed by atoms with van der Waals surface area (Å²) in [4.78, 5) is 34.5. The third kappa shape index (κ3) is 9.41. The summed E-state index contributed by atoms with van der Waals surface area (Å²) in [5, 5.41) is 0. The molecule has 160 valence electrons.